The second-order valence-electron chi connectivity index (χ2n) is 6.05. The first-order valence-electron chi connectivity index (χ1n) is 8.56. The maximum atomic E-state index is 12.2. The van der Waals surface area contributed by atoms with Crippen LogP contribution < -0.4 is 10.6 Å². The second kappa shape index (κ2) is 8.61. The Hall–Kier alpha value is -3.59. The molecular formula is C19H17N5O4S. The SMILES string of the molecule is [N-]=[N+]=Nc1ccc(C(=O)NCCNc2cccc3c(S(=O)(=O)O)cccc23)cc1. The zero-order valence-corrected chi connectivity index (χ0v) is 15.9. The molecule has 1 amide bonds. The van der Waals surface area contributed by atoms with Crippen LogP contribution in [0.3, 0.4) is 0 Å². The van der Waals surface area contributed by atoms with Crippen molar-refractivity contribution in [1.29, 1.82) is 0 Å². The van der Waals surface area contributed by atoms with E-state index in [4.69, 9.17) is 5.53 Å². The van der Waals surface area contributed by atoms with Gasteiger partial charge in [0, 0.05) is 45.7 Å². The average molecular weight is 411 g/mol. The molecule has 0 bridgehead atoms. The van der Waals surface area contributed by atoms with Crippen LogP contribution in [0.4, 0.5) is 11.4 Å². The highest BCUT2D eigenvalue weighted by molar-refractivity contribution is 7.86. The quantitative estimate of drug-likeness (QED) is 0.178. The Labute approximate surface area is 166 Å². The Bertz CT molecular complexity index is 1200. The summed E-state index contributed by atoms with van der Waals surface area (Å²) in [5, 5.41) is 10.4. The van der Waals surface area contributed by atoms with E-state index in [9.17, 15) is 17.8 Å². The molecule has 0 heterocycles. The normalized spacial score (nSPS) is 10.9. The molecule has 0 aromatic heterocycles. The summed E-state index contributed by atoms with van der Waals surface area (Å²) in [4.78, 5) is 14.7. The van der Waals surface area contributed by atoms with Crippen LogP contribution in [-0.4, -0.2) is 32.0 Å². The summed E-state index contributed by atoms with van der Waals surface area (Å²) in [6.07, 6.45) is 0. The molecule has 9 nitrogen and oxygen atoms in total. The molecule has 0 spiro atoms. The van der Waals surface area contributed by atoms with Gasteiger partial charge >= 0.3 is 0 Å². The summed E-state index contributed by atoms with van der Waals surface area (Å²) in [5.41, 5.74) is 9.92. The van der Waals surface area contributed by atoms with Crippen molar-refractivity contribution in [3.8, 4) is 0 Å². The van der Waals surface area contributed by atoms with Crippen molar-refractivity contribution in [1.82, 2.24) is 5.32 Å². The van der Waals surface area contributed by atoms with Crippen molar-refractivity contribution < 1.29 is 17.8 Å². The number of carbonyl (C=O) groups excluding carboxylic acids is 1. The second-order valence-corrected chi connectivity index (χ2v) is 7.44. The van der Waals surface area contributed by atoms with Gasteiger partial charge in [0.05, 0.1) is 0 Å². The van der Waals surface area contributed by atoms with Gasteiger partial charge < -0.3 is 10.6 Å². The van der Waals surface area contributed by atoms with Crippen molar-refractivity contribution in [3.05, 3.63) is 76.7 Å². The number of hydrogen-bond donors (Lipinski definition) is 3. The predicted octanol–water partition coefficient (Wildman–Crippen LogP) is 3.87. The highest BCUT2D eigenvalue weighted by atomic mass is 32.2. The van der Waals surface area contributed by atoms with Crippen molar-refractivity contribution in [2.75, 3.05) is 18.4 Å². The van der Waals surface area contributed by atoms with Crippen molar-refractivity contribution in [2.45, 2.75) is 4.90 Å². The molecule has 3 rings (SSSR count). The van der Waals surface area contributed by atoms with E-state index in [0.717, 1.165) is 0 Å². The fourth-order valence-corrected chi connectivity index (χ4v) is 3.57. The minimum absolute atomic E-state index is 0.156. The highest BCUT2D eigenvalue weighted by Gasteiger charge is 2.14. The van der Waals surface area contributed by atoms with Gasteiger partial charge in [0.15, 0.2) is 0 Å². The van der Waals surface area contributed by atoms with Gasteiger partial charge in [0.2, 0.25) is 0 Å². The number of amides is 1. The summed E-state index contributed by atoms with van der Waals surface area (Å²) in [5.74, 6) is -0.272. The first-order chi connectivity index (χ1) is 13.9. The van der Waals surface area contributed by atoms with E-state index in [1.807, 2.05) is 0 Å². The van der Waals surface area contributed by atoms with E-state index in [-0.39, 0.29) is 10.8 Å². The largest absolute Gasteiger partial charge is 0.383 e. The molecule has 0 saturated carbocycles. The van der Waals surface area contributed by atoms with Gasteiger partial charge in [-0.25, -0.2) is 0 Å². The van der Waals surface area contributed by atoms with Crippen LogP contribution in [0.25, 0.3) is 21.2 Å². The molecule has 0 saturated heterocycles. The smallest absolute Gasteiger partial charge is 0.295 e. The highest BCUT2D eigenvalue weighted by Crippen LogP contribution is 2.28. The fourth-order valence-electron chi connectivity index (χ4n) is 2.87. The molecule has 0 fully saturated rings. The summed E-state index contributed by atoms with van der Waals surface area (Å²) >= 11 is 0. The van der Waals surface area contributed by atoms with Crippen LogP contribution in [-0.2, 0) is 10.1 Å². The molecule has 3 aromatic carbocycles. The predicted molar refractivity (Wildman–Crippen MR) is 110 cm³/mol. The van der Waals surface area contributed by atoms with Crippen LogP contribution in [0, 0.1) is 0 Å². The third-order valence-electron chi connectivity index (χ3n) is 4.18. The molecule has 29 heavy (non-hydrogen) atoms. The number of rotatable bonds is 7. The van der Waals surface area contributed by atoms with E-state index in [1.54, 1.807) is 54.6 Å². The van der Waals surface area contributed by atoms with Gasteiger partial charge in [0.25, 0.3) is 16.0 Å². The number of benzene rings is 3. The molecule has 0 aliphatic heterocycles. The van der Waals surface area contributed by atoms with Crippen LogP contribution in [0.5, 0.6) is 0 Å². The molecular weight excluding hydrogens is 394 g/mol. The number of carbonyl (C=O) groups is 1. The lowest BCUT2D eigenvalue weighted by Gasteiger charge is -2.12. The zero-order chi connectivity index (χ0) is 20.9. The molecule has 10 heteroatoms. The van der Waals surface area contributed by atoms with Crippen LogP contribution >= 0.6 is 0 Å². The number of fused-ring (bicyclic) bond motifs is 1. The van der Waals surface area contributed by atoms with E-state index in [0.29, 0.717) is 40.8 Å². The van der Waals surface area contributed by atoms with Gasteiger partial charge in [-0.15, -0.1) is 0 Å². The van der Waals surface area contributed by atoms with Gasteiger partial charge in [-0.05, 0) is 29.8 Å². The maximum absolute atomic E-state index is 12.2. The van der Waals surface area contributed by atoms with Crippen LogP contribution in [0.15, 0.2) is 70.7 Å². The molecule has 0 atom stereocenters. The van der Waals surface area contributed by atoms with Gasteiger partial charge in [-0.3, -0.25) is 9.35 Å². The molecule has 0 unspecified atom stereocenters. The van der Waals surface area contributed by atoms with Crippen molar-refractivity contribution in [2.24, 2.45) is 5.11 Å². The number of nitrogens with zero attached hydrogens (tertiary/aromatic N) is 3. The lowest BCUT2D eigenvalue weighted by Crippen LogP contribution is -2.28. The van der Waals surface area contributed by atoms with Crippen LogP contribution in [0.1, 0.15) is 10.4 Å². The number of azide groups is 1. The van der Waals surface area contributed by atoms with E-state index in [1.165, 1.54) is 6.07 Å². The van der Waals surface area contributed by atoms with Crippen molar-refractivity contribution >= 4 is 38.2 Å². The van der Waals surface area contributed by atoms with Gasteiger partial charge in [-0.2, -0.15) is 8.42 Å². The Morgan fingerprint density at radius 1 is 1.00 bits per heavy atom. The van der Waals surface area contributed by atoms with Gasteiger partial charge in [-0.1, -0.05) is 41.5 Å². The first-order valence-corrected chi connectivity index (χ1v) is 10.0. The molecule has 0 aliphatic carbocycles. The van der Waals surface area contributed by atoms with Crippen LogP contribution in [0.2, 0.25) is 0 Å². The third-order valence-corrected chi connectivity index (χ3v) is 5.09. The fraction of sp³-hybridized carbons (Fsp3) is 0.105. The minimum atomic E-state index is -4.33. The third kappa shape index (κ3) is 4.82. The standard InChI is InChI=1S/C19H17N5O4S/c20-24-23-14-9-7-13(8-10-14)19(25)22-12-11-21-17-5-1-4-16-15(17)3-2-6-18(16)29(26,27)28/h1-10,21H,11-12H2,(H,22,25)(H,26,27,28). The Kier molecular flexibility index (Phi) is 5.99. The van der Waals surface area contributed by atoms with E-state index < -0.39 is 10.1 Å². The summed E-state index contributed by atoms with van der Waals surface area (Å²) in [7, 11) is -4.33. The zero-order valence-electron chi connectivity index (χ0n) is 15.1. The summed E-state index contributed by atoms with van der Waals surface area (Å²) in [6, 6.07) is 16.0. The first kappa shape index (κ1) is 20.2. The van der Waals surface area contributed by atoms with Gasteiger partial charge in [0.1, 0.15) is 4.90 Å². The Morgan fingerprint density at radius 2 is 1.69 bits per heavy atom. The molecule has 0 radical (unpaired) electrons. The lowest BCUT2D eigenvalue weighted by molar-refractivity contribution is 0.0955. The maximum Gasteiger partial charge on any atom is 0.295 e. The number of nitrogens with one attached hydrogen (secondary N) is 2. The Morgan fingerprint density at radius 3 is 2.38 bits per heavy atom. The molecule has 148 valence electrons. The lowest BCUT2D eigenvalue weighted by atomic mass is 10.1. The summed E-state index contributed by atoms with van der Waals surface area (Å²) < 4.78 is 32.5. The summed E-state index contributed by atoms with van der Waals surface area (Å²) in [6.45, 7) is 0.725. The van der Waals surface area contributed by atoms with Crippen molar-refractivity contribution in [3.63, 3.8) is 0 Å². The number of hydrogen-bond acceptors (Lipinski definition) is 5. The molecule has 3 N–H and O–H groups in total. The van der Waals surface area contributed by atoms with E-state index in [2.05, 4.69) is 20.7 Å². The molecule has 0 aliphatic rings. The molecule has 3 aromatic rings. The number of anilines is 1. The minimum Gasteiger partial charge on any atom is -0.383 e. The monoisotopic (exact) mass is 411 g/mol. The average Bonchev–Trinajstić information content (AvgIpc) is 2.70. The Balaban J connectivity index is 1.64. The van der Waals surface area contributed by atoms with E-state index >= 15 is 0 Å². The topological polar surface area (TPSA) is 144 Å².